The summed E-state index contributed by atoms with van der Waals surface area (Å²) in [7, 11) is 2.86. The summed E-state index contributed by atoms with van der Waals surface area (Å²) in [5.74, 6) is -2.57. The molecule has 11 heteroatoms. The Labute approximate surface area is 211 Å². The van der Waals surface area contributed by atoms with Gasteiger partial charge in [-0.3, -0.25) is 14.2 Å². The lowest BCUT2D eigenvalue weighted by atomic mass is 9.98. The second kappa shape index (κ2) is 11.0. The van der Waals surface area contributed by atoms with Gasteiger partial charge in [-0.15, -0.1) is 0 Å². The monoisotopic (exact) mass is 515 g/mol. The Morgan fingerprint density at radius 2 is 1.86 bits per heavy atom. The van der Waals surface area contributed by atoms with E-state index in [9.17, 15) is 23.5 Å². The van der Waals surface area contributed by atoms with Gasteiger partial charge in [-0.05, 0) is 37.1 Å². The van der Waals surface area contributed by atoms with Crippen LogP contribution in [0.25, 0.3) is 5.69 Å². The highest BCUT2D eigenvalue weighted by Gasteiger charge is 2.34. The van der Waals surface area contributed by atoms with Crippen LogP contribution in [0, 0.1) is 11.6 Å². The third-order valence-corrected chi connectivity index (χ3v) is 6.29. The lowest BCUT2D eigenvalue weighted by Gasteiger charge is -2.22. The molecule has 4 rings (SSSR count). The van der Waals surface area contributed by atoms with Gasteiger partial charge in [0.05, 0.1) is 14.2 Å². The fraction of sp³-hybridized carbons (Fsp3) is 0.346. The lowest BCUT2D eigenvalue weighted by molar-refractivity contribution is 0.0782. The Balaban J connectivity index is 1.78. The van der Waals surface area contributed by atoms with E-state index in [0.717, 1.165) is 12.1 Å². The average Bonchev–Trinajstić information content (AvgIpc) is 3.37. The van der Waals surface area contributed by atoms with Crippen molar-refractivity contribution in [3.05, 3.63) is 75.3 Å². The molecule has 3 aromatic rings. The van der Waals surface area contributed by atoms with Crippen LogP contribution in [0.1, 0.15) is 41.0 Å². The molecule has 1 saturated heterocycles. The first-order chi connectivity index (χ1) is 17.8. The summed E-state index contributed by atoms with van der Waals surface area (Å²) in [6.07, 6.45) is 0.402. The van der Waals surface area contributed by atoms with E-state index in [1.54, 1.807) is 25.1 Å². The zero-order chi connectivity index (χ0) is 26.7. The second-order valence-corrected chi connectivity index (χ2v) is 8.42. The predicted octanol–water partition coefficient (Wildman–Crippen LogP) is 3.40. The number of benzene rings is 2. The van der Waals surface area contributed by atoms with Crippen LogP contribution in [-0.4, -0.2) is 59.4 Å². The molecular weight excluding hydrogens is 488 g/mol. The maximum Gasteiger partial charge on any atom is 0.289 e. The van der Waals surface area contributed by atoms with E-state index in [1.165, 1.54) is 29.8 Å². The first-order valence-electron chi connectivity index (χ1n) is 11.7. The standard InChI is InChI=1S/C26H27F2N3O6/c1-4-37-14-21-29-24(32)22(26(34)31(21)23-19(35-2)6-5-7-20(23)36-3)25(33)30-11-10-15(13-30)17-9-8-16(27)12-18(17)28/h5-9,12,15,34H,4,10-11,13-14H2,1-3H3. The number of amides is 1. The molecule has 1 amide bonds. The maximum atomic E-state index is 14.3. The van der Waals surface area contributed by atoms with Crippen LogP contribution in [0.3, 0.4) is 0 Å². The molecule has 9 nitrogen and oxygen atoms in total. The predicted molar refractivity (Wildman–Crippen MR) is 130 cm³/mol. The van der Waals surface area contributed by atoms with Gasteiger partial charge in [0.25, 0.3) is 11.5 Å². The largest absolute Gasteiger partial charge is 0.494 e. The van der Waals surface area contributed by atoms with Crippen LogP contribution in [0.15, 0.2) is 41.2 Å². The number of carbonyl (C=O) groups is 1. The highest BCUT2D eigenvalue weighted by atomic mass is 19.1. The zero-order valence-electron chi connectivity index (χ0n) is 20.7. The number of halogens is 2. The number of aromatic hydroxyl groups is 1. The van der Waals surface area contributed by atoms with Crippen molar-refractivity contribution in [3.63, 3.8) is 0 Å². The fourth-order valence-corrected chi connectivity index (χ4v) is 4.51. The van der Waals surface area contributed by atoms with Crippen molar-refractivity contribution in [1.29, 1.82) is 0 Å². The number of nitrogens with zero attached hydrogens (tertiary/aromatic N) is 3. The summed E-state index contributed by atoms with van der Waals surface area (Å²) >= 11 is 0. The van der Waals surface area contributed by atoms with Gasteiger partial charge in [0.1, 0.15) is 41.3 Å². The Kier molecular flexibility index (Phi) is 7.72. The molecule has 1 aromatic heterocycles. The molecule has 0 bridgehead atoms. The molecule has 0 saturated carbocycles. The van der Waals surface area contributed by atoms with E-state index in [-0.39, 0.29) is 36.8 Å². The minimum absolute atomic E-state index is 0.0383. The summed E-state index contributed by atoms with van der Waals surface area (Å²) < 4.78 is 45.2. The molecule has 2 aromatic carbocycles. The molecule has 1 unspecified atom stereocenters. The number of para-hydroxylation sites is 1. The number of aromatic nitrogens is 2. The van der Waals surface area contributed by atoms with E-state index in [1.807, 2.05) is 0 Å². The Morgan fingerprint density at radius 1 is 1.16 bits per heavy atom. The molecule has 0 aliphatic carbocycles. The summed E-state index contributed by atoms with van der Waals surface area (Å²) in [6, 6.07) is 8.25. The van der Waals surface area contributed by atoms with E-state index >= 15 is 0 Å². The molecule has 1 aliphatic rings. The summed E-state index contributed by atoms with van der Waals surface area (Å²) in [5.41, 5.74) is -0.969. The smallest absolute Gasteiger partial charge is 0.289 e. The number of carbonyl (C=O) groups excluding carboxylic acids is 1. The van der Waals surface area contributed by atoms with E-state index in [2.05, 4.69) is 4.98 Å². The van der Waals surface area contributed by atoms with Crippen molar-refractivity contribution < 1.29 is 32.9 Å². The minimum atomic E-state index is -0.932. The SMILES string of the molecule is CCOCc1nc(=O)c(C(=O)N2CCC(c3ccc(F)cc3F)C2)c(O)n1-c1c(OC)cccc1OC. The van der Waals surface area contributed by atoms with Crippen molar-refractivity contribution in [2.45, 2.75) is 25.9 Å². The Hall–Kier alpha value is -3.99. The Bertz CT molecular complexity index is 1350. The van der Waals surface area contributed by atoms with Gasteiger partial charge in [-0.25, -0.2) is 8.78 Å². The highest BCUT2D eigenvalue weighted by molar-refractivity contribution is 5.96. The fourth-order valence-electron chi connectivity index (χ4n) is 4.51. The van der Waals surface area contributed by atoms with Gasteiger partial charge in [-0.1, -0.05) is 12.1 Å². The topological polar surface area (TPSA) is 103 Å². The van der Waals surface area contributed by atoms with Crippen molar-refractivity contribution in [2.24, 2.45) is 0 Å². The van der Waals surface area contributed by atoms with E-state index < -0.39 is 40.5 Å². The minimum Gasteiger partial charge on any atom is -0.494 e. The molecule has 1 aliphatic heterocycles. The molecular formula is C26H27F2N3O6. The first-order valence-corrected chi connectivity index (χ1v) is 11.7. The number of methoxy groups -OCH3 is 2. The molecule has 0 radical (unpaired) electrons. The van der Waals surface area contributed by atoms with Crippen molar-refractivity contribution >= 4 is 5.91 Å². The lowest BCUT2D eigenvalue weighted by Crippen LogP contribution is -2.35. The van der Waals surface area contributed by atoms with Gasteiger partial charge in [0, 0.05) is 31.7 Å². The molecule has 1 atom stereocenters. The molecule has 2 heterocycles. The van der Waals surface area contributed by atoms with Gasteiger partial charge >= 0.3 is 0 Å². The first kappa shape index (κ1) is 26.1. The summed E-state index contributed by atoms with van der Waals surface area (Å²) in [6.45, 7) is 2.23. The Morgan fingerprint density at radius 3 is 2.49 bits per heavy atom. The molecule has 1 fully saturated rings. The molecule has 37 heavy (non-hydrogen) atoms. The number of hydrogen-bond acceptors (Lipinski definition) is 7. The van der Waals surface area contributed by atoms with Crippen molar-refractivity contribution in [3.8, 4) is 23.1 Å². The average molecular weight is 516 g/mol. The van der Waals surface area contributed by atoms with Crippen LogP contribution >= 0.6 is 0 Å². The second-order valence-electron chi connectivity index (χ2n) is 8.42. The normalized spacial score (nSPS) is 15.2. The molecule has 196 valence electrons. The highest BCUT2D eigenvalue weighted by Crippen LogP contribution is 2.37. The third-order valence-electron chi connectivity index (χ3n) is 6.29. The maximum absolute atomic E-state index is 14.3. The van der Waals surface area contributed by atoms with Crippen LogP contribution in [-0.2, 0) is 11.3 Å². The van der Waals surface area contributed by atoms with Gasteiger partial charge in [0.2, 0.25) is 5.88 Å². The number of rotatable bonds is 8. The summed E-state index contributed by atoms with van der Waals surface area (Å²) in [4.78, 5) is 31.9. The molecule has 0 spiro atoms. The van der Waals surface area contributed by atoms with Gasteiger partial charge in [0.15, 0.2) is 5.56 Å². The quantitative estimate of drug-likeness (QED) is 0.491. The third kappa shape index (κ3) is 4.99. The zero-order valence-corrected chi connectivity index (χ0v) is 20.7. The van der Waals surface area contributed by atoms with E-state index in [0.29, 0.717) is 24.5 Å². The number of ether oxygens (including phenoxy) is 3. The van der Waals surface area contributed by atoms with Crippen LogP contribution in [0.2, 0.25) is 0 Å². The van der Waals surface area contributed by atoms with Gasteiger partial charge in [-0.2, -0.15) is 4.98 Å². The van der Waals surface area contributed by atoms with Crippen molar-refractivity contribution in [2.75, 3.05) is 33.9 Å². The summed E-state index contributed by atoms with van der Waals surface area (Å²) in [5, 5.41) is 11.3. The number of likely N-dealkylation sites (tertiary alicyclic amines) is 1. The molecule has 1 N–H and O–H groups in total. The van der Waals surface area contributed by atoms with Crippen LogP contribution in [0.5, 0.6) is 17.4 Å². The van der Waals surface area contributed by atoms with E-state index in [4.69, 9.17) is 14.2 Å². The van der Waals surface area contributed by atoms with Crippen LogP contribution in [0.4, 0.5) is 8.78 Å². The van der Waals surface area contributed by atoms with Crippen LogP contribution < -0.4 is 15.0 Å². The van der Waals surface area contributed by atoms with Gasteiger partial charge < -0.3 is 24.2 Å². The van der Waals surface area contributed by atoms with Crippen molar-refractivity contribution in [1.82, 2.24) is 14.5 Å². The number of hydrogen-bond donors (Lipinski definition) is 1.